The van der Waals surface area contributed by atoms with Gasteiger partial charge in [-0.15, -0.1) is 0 Å². The SMILES string of the molecule is CCC1(C)C=CN(C)C=C1. The molecule has 0 bridgehead atoms. The predicted molar refractivity (Wildman–Crippen MR) is 44.4 cm³/mol. The third-order valence-electron chi connectivity index (χ3n) is 2.14. The van der Waals surface area contributed by atoms with Crippen molar-refractivity contribution in [3.63, 3.8) is 0 Å². The summed E-state index contributed by atoms with van der Waals surface area (Å²) in [4.78, 5) is 2.07. The van der Waals surface area contributed by atoms with Crippen molar-refractivity contribution >= 4 is 0 Å². The Bertz CT molecular complexity index is 154. The molecule has 0 atom stereocenters. The summed E-state index contributed by atoms with van der Waals surface area (Å²) in [7, 11) is 2.04. The monoisotopic (exact) mass is 137 g/mol. The topological polar surface area (TPSA) is 3.24 Å². The van der Waals surface area contributed by atoms with Gasteiger partial charge in [-0.25, -0.2) is 0 Å². The fourth-order valence-electron chi connectivity index (χ4n) is 0.917. The zero-order valence-electron chi connectivity index (χ0n) is 6.96. The number of nitrogens with zero attached hydrogens (tertiary/aromatic N) is 1. The average Bonchev–Trinajstić information content (AvgIpc) is 1.96. The molecule has 1 aliphatic heterocycles. The third-order valence-corrected chi connectivity index (χ3v) is 2.14. The lowest BCUT2D eigenvalue weighted by Gasteiger charge is -2.25. The van der Waals surface area contributed by atoms with Crippen molar-refractivity contribution in [2.24, 2.45) is 5.41 Å². The van der Waals surface area contributed by atoms with Gasteiger partial charge in [-0.1, -0.05) is 26.0 Å². The normalized spacial score (nSPS) is 21.7. The summed E-state index contributed by atoms with van der Waals surface area (Å²) in [6, 6.07) is 0. The quantitative estimate of drug-likeness (QED) is 0.536. The fourth-order valence-corrected chi connectivity index (χ4v) is 0.917. The number of rotatable bonds is 1. The Morgan fingerprint density at radius 3 is 2.20 bits per heavy atom. The van der Waals surface area contributed by atoms with Crippen LogP contribution in [0.3, 0.4) is 0 Å². The van der Waals surface area contributed by atoms with Crippen LogP contribution in [0.4, 0.5) is 0 Å². The van der Waals surface area contributed by atoms with Crippen LogP contribution in [-0.2, 0) is 0 Å². The summed E-state index contributed by atoms with van der Waals surface area (Å²) in [5, 5.41) is 0. The van der Waals surface area contributed by atoms with E-state index in [1.165, 1.54) is 6.42 Å². The van der Waals surface area contributed by atoms with E-state index in [1.807, 2.05) is 7.05 Å². The van der Waals surface area contributed by atoms with Gasteiger partial charge in [0.1, 0.15) is 0 Å². The Balaban J connectivity index is 2.69. The first-order valence-corrected chi connectivity index (χ1v) is 3.77. The van der Waals surface area contributed by atoms with Crippen molar-refractivity contribution in [2.45, 2.75) is 20.3 Å². The molecule has 0 spiro atoms. The van der Waals surface area contributed by atoms with Gasteiger partial charge >= 0.3 is 0 Å². The Morgan fingerprint density at radius 1 is 1.30 bits per heavy atom. The Kier molecular flexibility index (Phi) is 1.84. The summed E-state index contributed by atoms with van der Waals surface area (Å²) in [6.45, 7) is 4.45. The van der Waals surface area contributed by atoms with E-state index in [0.717, 1.165) is 0 Å². The van der Waals surface area contributed by atoms with Crippen molar-refractivity contribution in [3.05, 3.63) is 24.6 Å². The molecule has 1 heteroatoms. The minimum absolute atomic E-state index is 0.298. The Hall–Kier alpha value is -0.720. The molecule has 1 aliphatic rings. The van der Waals surface area contributed by atoms with Crippen LogP contribution < -0.4 is 0 Å². The van der Waals surface area contributed by atoms with E-state index in [0.29, 0.717) is 5.41 Å². The second-order valence-electron chi connectivity index (χ2n) is 3.16. The summed E-state index contributed by atoms with van der Waals surface area (Å²) in [5.74, 6) is 0. The molecule has 0 aromatic rings. The maximum atomic E-state index is 2.24. The van der Waals surface area contributed by atoms with Gasteiger partial charge in [0.25, 0.3) is 0 Å². The lowest BCUT2D eigenvalue weighted by Crippen LogP contribution is -2.15. The third kappa shape index (κ3) is 1.41. The van der Waals surface area contributed by atoms with Gasteiger partial charge in [-0.05, 0) is 18.8 Å². The Labute approximate surface area is 63.0 Å². The van der Waals surface area contributed by atoms with Crippen molar-refractivity contribution in [1.29, 1.82) is 0 Å². The van der Waals surface area contributed by atoms with Crippen LogP contribution in [0.15, 0.2) is 24.6 Å². The van der Waals surface area contributed by atoms with E-state index in [1.54, 1.807) is 0 Å². The molecule has 0 N–H and O–H groups in total. The fraction of sp³-hybridized carbons (Fsp3) is 0.556. The van der Waals surface area contributed by atoms with Crippen molar-refractivity contribution in [1.82, 2.24) is 4.90 Å². The van der Waals surface area contributed by atoms with Gasteiger partial charge < -0.3 is 4.90 Å². The highest BCUT2D eigenvalue weighted by atomic mass is 15.1. The molecular weight excluding hydrogens is 122 g/mol. The zero-order valence-corrected chi connectivity index (χ0v) is 6.96. The smallest absolute Gasteiger partial charge is 0.0106 e. The highest BCUT2D eigenvalue weighted by Crippen LogP contribution is 2.27. The molecule has 1 heterocycles. The lowest BCUT2D eigenvalue weighted by molar-refractivity contribution is 0.477. The summed E-state index contributed by atoms with van der Waals surface area (Å²) >= 11 is 0. The van der Waals surface area contributed by atoms with Crippen LogP contribution in [0.1, 0.15) is 20.3 Å². The number of hydrogen-bond acceptors (Lipinski definition) is 1. The first kappa shape index (κ1) is 7.39. The van der Waals surface area contributed by atoms with E-state index in [-0.39, 0.29) is 0 Å². The molecule has 0 aliphatic carbocycles. The first-order chi connectivity index (χ1) is 4.66. The molecule has 1 nitrogen and oxygen atoms in total. The zero-order chi connectivity index (χ0) is 7.61. The maximum absolute atomic E-state index is 2.24. The van der Waals surface area contributed by atoms with Crippen molar-refractivity contribution < 1.29 is 0 Å². The predicted octanol–water partition coefficient (Wildman–Crippen LogP) is 2.38. The second kappa shape index (κ2) is 2.49. The highest BCUT2D eigenvalue weighted by Gasteiger charge is 2.16. The van der Waals surface area contributed by atoms with Crippen LogP contribution in [0.25, 0.3) is 0 Å². The largest absolute Gasteiger partial charge is 0.358 e. The van der Waals surface area contributed by atoms with Crippen LogP contribution in [0.2, 0.25) is 0 Å². The first-order valence-electron chi connectivity index (χ1n) is 3.77. The van der Waals surface area contributed by atoms with Crippen molar-refractivity contribution in [3.8, 4) is 0 Å². The maximum Gasteiger partial charge on any atom is 0.0106 e. The van der Waals surface area contributed by atoms with Crippen LogP contribution in [0, 0.1) is 5.41 Å². The van der Waals surface area contributed by atoms with Crippen LogP contribution in [0.5, 0.6) is 0 Å². The molecule has 0 amide bonds. The number of allylic oxidation sites excluding steroid dienone is 2. The number of hydrogen-bond donors (Lipinski definition) is 0. The molecule has 0 aromatic heterocycles. The molecule has 10 heavy (non-hydrogen) atoms. The lowest BCUT2D eigenvalue weighted by atomic mass is 9.86. The van der Waals surface area contributed by atoms with Gasteiger partial charge in [0.2, 0.25) is 0 Å². The van der Waals surface area contributed by atoms with Gasteiger partial charge in [0, 0.05) is 12.5 Å². The van der Waals surface area contributed by atoms with E-state index in [9.17, 15) is 0 Å². The van der Waals surface area contributed by atoms with E-state index < -0.39 is 0 Å². The van der Waals surface area contributed by atoms with Gasteiger partial charge in [0.05, 0.1) is 0 Å². The molecular formula is C9H15N. The summed E-state index contributed by atoms with van der Waals surface area (Å²) < 4.78 is 0. The molecule has 56 valence electrons. The molecule has 0 aromatic carbocycles. The van der Waals surface area contributed by atoms with E-state index in [4.69, 9.17) is 0 Å². The standard InChI is InChI=1S/C9H15N/c1-4-9(2)5-7-10(3)8-6-9/h5-8H,4H2,1-3H3. The summed E-state index contributed by atoms with van der Waals surface area (Å²) in [5.41, 5.74) is 0.298. The average molecular weight is 137 g/mol. The molecule has 0 radical (unpaired) electrons. The Morgan fingerprint density at radius 2 is 1.80 bits per heavy atom. The highest BCUT2D eigenvalue weighted by molar-refractivity contribution is 5.13. The molecule has 0 unspecified atom stereocenters. The van der Waals surface area contributed by atoms with E-state index >= 15 is 0 Å². The molecule has 0 saturated carbocycles. The molecule has 1 rings (SSSR count). The van der Waals surface area contributed by atoms with Crippen molar-refractivity contribution in [2.75, 3.05) is 7.05 Å². The van der Waals surface area contributed by atoms with Gasteiger partial charge in [-0.3, -0.25) is 0 Å². The molecule has 0 saturated heterocycles. The minimum Gasteiger partial charge on any atom is -0.358 e. The minimum atomic E-state index is 0.298. The summed E-state index contributed by atoms with van der Waals surface area (Å²) in [6.07, 6.45) is 9.89. The van der Waals surface area contributed by atoms with Gasteiger partial charge in [0.15, 0.2) is 0 Å². The van der Waals surface area contributed by atoms with E-state index in [2.05, 4.69) is 43.3 Å². The van der Waals surface area contributed by atoms with Gasteiger partial charge in [-0.2, -0.15) is 0 Å². The van der Waals surface area contributed by atoms with Crippen LogP contribution in [-0.4, -0.2) is 11.9 Å². The molecule has 0 fully saturated rings. The second-order valence-corrected chi connectivity index (χ2v) is 3.16. The van der Waals surface area contributed by atoms with Crippen LogP contribution >= 0.6 is 0 Å².